The van der Waals surface area contributed by atoms with E-state index in [2.05, 4.69) is 20.2 Å². The summed E-state index contributed by atoms with van der Waals surface area (Å²) in [4.78, 5) is 11.3. The zero-order valence-electron chi connectivity index (χ0n) is 9.69. The molecular formula is C11H17ClN4O. The Bertz CT molecular complexity index is 382. The molecule has 3 rings (SSSR count). The van der Waals surface area contributed by atoms with Crippen molar-refractivity contribution >= 4 is 18.4 Å². The van der Waals surface area contributed by atoms with Crippen molar-refractivity contribution in [3.63, 3.8) is 0 Å². The van der Waals surface area contributed by atoms with Crippen LogP contribution in [0.2, 0.25) is 0 Å². The normalized spacial score (nSPS) is 19.4. The Morgan fingerprint density at radius 3 is 2.94 bits per heavy atom. The highest BCUT2D eigenvalue weighted by Crippen LogP contribution is 2.15. The van der Waals surface area contributed by atoms with Crippen molar-refractivity contribution in [2.24, 2.45) is 0 Å². The highest BCUT2D eigenvalue weighted by atomic mass is 35.5. The number of rotatable bonds is 1. The van der Waals surface area contributed by atoms with Crippen LogP contribution >= 0.6 is 12.4 Å². The summed E-state index contributed by atoms with van der Waals surface area (Å²) in [7, 11) is 0. The van der Waals surface area contributed by atoms with Crippen molar-refractivity contribution in [3.8, 4) is 0 Å². The minimum atomic E-state index is 0. The minimum Gasteiger partial charge on any atom is -0.378 e. The Hall–Kier alpha value is -0.910. The lowest BCUT2D eigenvalue weighted by Crippen LogP contribution is -2.38. The summed E-state index contributed by atoms with van der Waals surface area (Å²) in [6, 6.07) is 0. The first-order valence-corrected chi connectivity index (χ1v) is 5.82. The number of morpholine rings is 1. The Balaban J connectivity index is 0.00000108. The number of halogens is 1. The van der Waals surface area contributed by atoms with E-state index in [4.69, 9.17) is 4.74 Å². The van der Waals surface area contributed by atoms with E-state index < -0.39 is 0 Å². The number of hydrogen-bond acceptors (Lipinski definition) is 5. The summed E-state index contributed by atoms with van der Waals surface area (Å²) in [5, 5.41) is 3.33. The fraction of sp³-hybridized carbons (Fsp3) is 0.636. The van der Waals surface area contributed by atoms with Crippen LogP contribution in [0.1, 0.15) is 11.3 Å². The fourth-order valence-corrected chi connectivity index (χ4v) is 2.14. The first-order valence-electron chi connectivity index (χ1n) is 5.82. The molecule has 0 amide bonds. The number of fused-ring (bicyclic) bond motifs is 1. The molecule has 5 nitrogen and oxygen atoms in total. The maximum atomic E-state index is 5.33. The lowest BCUT2D eigenvalue weighted by molar-refractivity contribution is 0.122. The number of ether oxygens (including phenoxy) is 1. The van der Waals surface area contributed by atoms with E-state index in [9.17, 15) is 0 Å². The number of aromatic nitrogens is 2. The van der Waals surface area contributed by atoms with Crippen LogP contribution in [0.15, 0.2) is 6.20 Å². The third-order valence-corrected chi connectivity index (χ3v) is 3.09. The number of nitrogens with zero attached hydrogens (tertiary/aromatic N) is 3. The van der Waals surface area contributed by atoms with E-state index >= 15 is 0 Å². The van der Waals surface area contributed by atoms with Gasteiger partial charge in [-0.2, -0.15) is 0 Å². The minimum absolute atomic E-state index is 0. The molecule has 2 aliphatic heterocycles. The number of anilines is 1. The molecule has 0 atom stereocenters. The van der Waals surface area contributed by atoms with Gasteiger partial charge < -0.3 is 15.0 Å². The molecule has 1 N–H and O–H groups in total. The molecule has 3 heterocycles. The highest BCUT2D eigenvalue weighted by Gasteiger charge is 2.17. The Morgan fingerprint density at radius 1 is 1.29 bits per heavy atom. The fourth-order valence-electron chi connectivity index (χ4n) is 2.14. The molecule has 17 heavy (non-hydrogen) atoms. The largest absolute Gasteiger partial charge is 0.378 e. The second-order valence-electron chi connectivity index (χ2n) is 4.17. The SMILES string of the molecule is Cl.c1nc(N2CCOCC2)nc2c1CNCC2. The van der Waals surface area contributed by atoms with Gasteiger partial charge in [0, 0.05) is 44.4 Å². The molecule has 1 saturated heterocycles. The van der Waals surface area contributed by atoms with E-state index in [-0.39, 0.29) is 12.4 Å². The third-order valence-electron chi connectivity index (χ3n) is 3.09. The molecular weight excluding hydrogens is 240 g/mol. The molecule has 0 aliphatic carbocycles. The molecule has 1 aromatic heterocycles. The Labute approximate surface area is 107 Å². The van der Waals surface area contributed by atoms with E-state index in [1.165, 1.54) is 11.3 Å². The van der Waals surface area contributed by atoms with E-state index in [1.54, 1.807) is 0 Å². The van der Waals surface area contributed by atoms with Gasteiger partial charge in [-0.1, -0.05) is 0 Å². The van der Waals surface area contributed by atoms with Crippen molar-refractivity contribution in [1.82, 2.24) is 15.3 Å². The topological polar surface area (TPSA) is 50.3 Å². The molecule has 0 aromatic carbocycles. The molecule has 1 fully saturated rings. The van der Waals surface area contributed by atoms with Crippen molar-refractivity contribution < 1.29 is 4.74 Å². The van der Waals surface area contributed by atoms with Gasteiger partial charge in [0.2, 0.25) is 5.95 Å². The predicted octanol–water partition coefficient (Wildman–Crippen LogP) is 0.381. The molecule has 0 unspecified atom stereocenters. The molecule has 2 aliphatic rings. The summed E-state index contributed by atoms with van der Waals surface area (Å²) < 4.78 is 5.33. The molecule has 94 valence electrons. The van der Waals surface area contributed by atoms with Gasteiger partial charge in [0.15, 0.2) is 0 Å². The van der Waals surface area contributed by atoms with Gasteiger partial charge in [0.25, 0.3) is 0 Å². The van der Waals surface area contributed by atoms with Gasteiger partial charge in [0.05, 0.1) is 18.9 Å². The summed E-state index contributed by atoms with van der Waals surface area (Å²) in [6.07, 6.45) is 2.97. The quantitative estimate of drug-likeness (QED) is 0.787. The summed E-state index contributed by atoms with van der Waals surface area (Å²) in [6.45, 7) is 5.28. The molecule has 0 saturated carbocycles. The van der Waals surface area contributed by atoms with Crippen LogP contribution in [-0.2, 0) is 17.7 Å². The van der Waals surface area contributed by atoms with E-state index in [0.717, 1.165) is 51.8 Å². The van der Waals surface area contributed by atoms with Crippen LogP contribution in [0.4, 0.5) is 5.95 Å². The average Bonchev–Trinajstić information content (AvgIpc) is 2.39. The highest BCUT2D eigenvalue weighted by molar-refractivity contribution is 5.85. The summed E-state index contributed by atoms with van der Waals surface area (Å²) >= 11 is 0. The zero-order valence-corrected chi connectivity index (χ0v) is 10.5. The van der Waals surface area contributed by atoms with Crippen LogP contribution in [0, 0.1) is 0 Å². The van der Waals surface area contributed by atoms with Crippen molar-refractivity contribution in [2.45, 2.75) is 13.0 Å². The zero-order chi connectivity index (χ0) is 10.8. The standard InChI is InChI=1S/C11H16N4O.ClH/c1-2-12-7-9-8-13-11(14-10(1)9)15-3-5-16-6-4-15;/h8,12H,1-7H2;1H. The first kappa shape index (κ1) is 12.5. The van der Waals surface area contributed by atoms with E-state index in [1.807, 2.05) is 6.20 Å². The van der Waals surface area contributed by atoms with Gasteiger partial charge in [-0.05, 0) is 0 Å². The van der Waals surface area contributed by atoms with Crippen LogP contribution in [-0.4, -0.2) is 42.8 Å². The van der Waals surface area contributed by atoms with Crippen LogP contribution in [0.25, 0.3) is 0 Å². The first-order chi connectivity index (χ1) is 7.93. The number of hydrogen-bond donors (Lipinski definition) is 1. The smallest absolute Gasteiger partial charge is 0.225 e. The molecule has 6 heteroatoms. The van der Waals surface area contributed by atoms with E-state index in [0.29, 0.717) is 0 Å². The molecule has 0 radical (unpaired) electrons. The molecule has 0 spiro atoms. The van der Waals surface area contributed by atoms with Gasteiger partial charge in [0.1, 0.15) is 0 Å². The van der Waals surface area contributed by atoms with Crippen molar-refractivity contribution in [1.29, 1.82) is 0 Å². The second-order valence-corrected chi connectivity index (χ2v) is 4.17. The van der Waals surface area contributed by atoms with Crippen molar-refractivity contribution in [2.75, 3.05) is 37.7 Å². The number of nitrogens with one attached hydrogen (secondary N) is 1. The van der Waals surface area contributed by atoms with Crippen LogP contribution < -0.4 is 10.2 Å². The molecule has 1 aromatic rings. The summed E-state index contributed by atoms with van der Waals surface area (Å²) in [5.74, 6) is 0.865. The maximum absolute atomic E-state index is 5.33. The average molecular weight is 257 g/mol. The van der Waals surface area contributed by atoms with Crippen molar-refractivity contribution in [3.05, 3.63) is 17.5 Å². The predicted molar refractivity (Wildman–Crippen MR) is 67.7 cm³/mol. The van der Waals surface area contributed by atoms with Gasteiger partial charge in [-0.3, -0.25) is 0 Å². The lowest BCUT2D eigenvalue weighted by Gasteiger charge is -2.27. The van der Waals surface area contributed by atoms with Gasteiger partial charge >= 0.3 is 0 Å². The molecule has 0 bridgehead atoms. The second kappa shape index (κ2) is 5.62. The Kier molecular flexibility index (Phi) is 4.15. The van der Waals surface area contributed by atoms with Gasteiger partial charge in [-0.15, -0.1) is 12.4 Å². The lowest BCUT2D eigenvalue weighted by atomic mass is 10.1. The van der Waals surface area contributed by atoms with Crippen LogP contribution in [0.3, 0.4) is 0 Å². The Morgan fingerprint density at radius 2 is 2.12 bits per heavy atom. The monoisotopic (exact) mass is 256 g/mol. The maximum Gasteiger partial charge on any atom is 0.225 e. The summed E-state index contributed by atoms with van der Waals surface area (Å²) in [5.41, 5.74) is 2.44. The van der Waals surface area contributed by atoms with Crippen LogP contribution in [0.5, 0.6) is 0 Å². The van der Waals surface area contributed by atoms with Gasteiger partial charge in [-0.25, -0.2) is 9.97 Å². The third kappa shape index (κ3) is 2.68.